The van der Waals surface area contributed by atoms with Crippen LogP contribution in [0.15, 0.2) is 82.2 Å². The van der Waals surface area contributed by atoms with E-state index in [9.17, 15) is 18.0 Å². The number of hydrogen-bond donors (Lipinski definition) is 1. The first kappa shape index (κ1) is 30.4. The SMILES string of the molecule is CC[C@@H](C)NC(=O)[C@@H](C)N(Cc1cccc(Br)c1)C(=O)CN(c1ccc(C)cc1)S(=O)(=O)c1ccc(C)cc1. The van der Waals surface area contributed by atoms with Gasteiger partial charge in [-0.15, -0.1) is 0 Å². The van der Waals surface area contributed by atoms with Crippen molar-refractivity contribution in [2.45, 2.75) is 64.6 Å². The lowest BCUT2D eigenvalue weighted by atomic mass is 10.1. The summed E-state index contributed by atoms with van der Waals surface area (Å²) in [6.07, 6.45) is 0.744. The summed E-state index contributed by atoms with van der Waals surface area (Å²) in [4.78, 5) is 28.6. The summed E-state index contributed by atoms with van der Waals surface area (Å²) < 4.78 is 29.7. The third-order valence-corrected chi connectivity index (χ3v) is 8.90. The van der Waals surface area contributed by atoms with Crippen molar-refractivity contribution < 1.29 is 18.0 Å². The molecule has 9 heteroatoms. The van der Waals surface area contributed by atoms with E-state index in [4.69, 9.17) is 0 Å². The van der Waals surface area contributed by atoms with Crippen LogP contribution in [0.2, 0.25) is 0 Å². The van der Waals surface area contributed by atoms with Crippen LogP contribution in [0.1, 0.15) is 43.9 Å². The van der Waals surface area contributed by atoms with Gasteiger partial charge in [0.2, 0.25) is 11.8 Å². The molecule has 0 heterocycles. The van der Waals surface area contributed by atoms with Crippen LogP contribution in [0.25, 0.3) is 0 Å². The van der Waals surface area contributed by atoms with Crippen molar-refractivity contribution in [3.05, 3.63) is 94.0 Å². The summed E-state index contributed by atoms with van der Waals surface area (Å²) in [5.41, 5.74) is 3.07. The number of sulfonamides is 1. The molecule has 2 amide bonds. The quantitative estimate of drug-likeness (QED) is 0.305. The maximum atomic E-state index is 13.9. The number of carbonyl (C=O) groups excluding carboxylic acids is 2. The van der Waals surface area contributed by atoms with Crippen molar-refractivity contribution in [3.8, 4) is 0 Å². The maximum Gasteiger partial charge on any atom is 0.264 e. The first-order chi connectivity index (χ1) is 18.4. The van der Waals surface area contributed by atoms with Crippen molar-refractivity contribution in [1.29, 1.82) is 0 Å². The molecule has 208 valence electrons. The molecule has 1 N–H and O–H groups in total. The van der Waals surface area contributed by atoms with Crippen LogP contribution < -0.4 is 9.62 Å². The van der Waals surface area contributed by atoms with Crippen LogP contribution in [-0.2, 0) is 26.2 Å². The lowest BCUT2D eigenvalue weighted by Gasteiger charge is -2.32. The minimum atomic E-state index is -4.08. The highest BCUT2D eigenvalue weighted by Gasteiger charge is 2.32. The Bertz CT molecular complexity index is 1390. The number of amides is 2. The Morgan fingerprint density at radius 2 is 1.51 bits per heavy atom. The van der Waals surface area contributed by atoms with E-state index in [1.54, 1.807) is 43.3 Å². The lowest BCUT2D eigenvalue weighted by molar-refractivity contribution is -0.139. The zero-order chi connectivity index (χ0) is 28.7. The highest BCUT2D eigenvalue weighted by Crippen LogP contribution is 2.25. The average molecular weight is 615 g/mol. The zero-order valence-electron chi connectivity index (χ0n) is 23.0. The number of halogens is 1. The minimum Gasteiger partial charge on any atom is -0.352 e. The molecule has 0 unspecified atom stereocenters. The molecule has 0 saturated heterocycles. The fraction of sp³-hybridized carbons (Fsp3) is 0.333. The molecular weight excluding hydrogens is 578 g/mol. The largest absolute Gasteiger partial charge is 0.352 e. The van der Waals surface area contributed by atoms with Crippen molar-refractivity contribution in [2.75, 3.05) is 10.8 Å². The van der Waals surface area contributed by atoms with Crippen molar-refractivity contribution in [2.24, 2.45) is 0 Å². The van der Waals surface area contributed by atoms with Crippen LogP contribution in [-0.4, -0.2) is 43.8 Å². The fourth-order valence-electron chi connectivity index (χ4n) is 3.96. The number of anilines is 1. The van der Waals surface area contributed by atoms with Crippen LogP contribution in [0.3, 0.4) is 0 Å². The summed E-state index contributed by atoms with van der Waals surface area (Å²) in [5, 5.41) is 2.94. The second-order valence-corrected chi connectivity index (χ2v) is 12.6. The van der Waals surface area contributed by atoms with E-state index in [0.717, 1.165) is 31.9 Å². The number of rotatable bonds is 11. The van der Waals surface area contributed by atoms with Gasteiger partial charge in [-0.2, -0.15) is 0 Å². The van der Waals surface area contributed by atoms with Crippen LogP contribution in [0.5, 0.6) is 0 Å². The third kappa shape index (κ3) is 7.92. The van der Waals surface area contributed by atoms with Gasteiger partial charge in [0.05, 0.1) is 10.6 Å². The van der Waals surface area contributed by atoms with Gasteiger partial charge >= 0.3 is 0 Å². The van der Waals surface area contributed by atoms with Gasteiger partial charge < -0.3 is 10.2 Å². The van der Waals surface area contributed by atoms with Gasteiger partial charge in [0.1, 0.15) is 12.6 Å². The van der Waals surface area contributed by atoms with Gasteiger partial charge in [0.15, 0.2) is 0 Å². The predicted molar refractivity (Wildman–Crippen MR) is 159 cm³/mol. The van der Waals surface area contributed by atoms with Gasteiger partial charge in [-0.3, -0.25) is 13.9 Å². The number of benzene rings is 3. The molecule has 0 aliphatic carbocycles. The standard InChI is InChI=1S/C30H36BrN3O4S/c1-6-23(4)32-30(36)24(5)33(19-25-8-7-9-26(31)18-25)29(35)20-34(27-14-10-21(2)11-15-27)39(37,38)28-16-12-22(3)13-17-28/h7-18,23-24H,6,19-20H2,1-5H3,(H,32,36)/t23-,24-/m1/s1. The van der Waals surface area contributed by atoms with E-state index in [1.807, 2.05) is 52.0 Å². The monoisotopic (exact) mass is 613 g/mol. The molecule has 0 radical (unpaired) electrons. The molecule has 3 aromatic rings. The third-order valence-electron chi connectivity index (χ3n) is 6.62. The molecule has 39 heavy (non-hydrogen) atoms. The molecule has 0 aromatic heterocycles. The Labute approximate surface area is 240 Å². The predicted octanol–water partition coefficient (Wildman–Crippen LogP) is 5.59. The molecule has 3 rings (SSSR count). The van der Waals surface area contributed by atoms with E-state index in [-0.39, 0.29) is 23.4 Å². The Balaban J connectivity index is 2.02. The van der Waals surface area contributed by atoms with Gasteiger partial charge in [0.25, 0.3) is 10.0 Å². The summed E-state index contributed by atoms with van der Waals surface area (Å²) >= 11 is 3.46. The highest BCUT2D eigenvalue weighted by molar-refractivity contribution is 9.10. The van der Waals surface area contributed by atoms with Gasteiger partial charge in [0, 0.05) is 17.1 Å². The Morgan fingerprint density at radius 3 is 2.08 bits per heavy atom. The van der Waals surface area contributed by atoms with E-state index >= 15 is 0 Å². The fourth-order valence-corrected chi connectivity index (χ4v) is 5.82. The molecule has 0 saturated carbocycles. The van der Waals surface area contributed by atoms with Crippen LogP contribution >= 0.6 is 15.9 Å². The Hall–Kier alpha value is -3.17. The second-order valence-electron chi connectivity index (χ2n) is 9.81. The molecule has 0 fully saturated rings. The maximum absolute atomic E-state index is 13.9. The first-order valence-electron chi connectivity index (χ1n) is 12.9. The Kier molecular flexibility index (Phi) is 10.3. The zero-order valence-corrected chi connectivity index (χ0v) is 25.4. The molecule has 3 aromatic carbocycles. The molecule has 0 aliphatic rings. The topological polar surface area (TPSA) is 86.8 Å². The molecule has 0 bridgehead atoms. The summed E-state index contributed by atoms with van der Waals surface area (Å²) in [6.45, 7) is 8.99. The van der Waals surface area contributed by atoms with E-state index < -0.39 is 28.5 Å². The number of nitrogens with zero attached hydrogens (tertiary/aromatic N) is 2. The molecular formula is C30H36BrN3O4S. The van der Waals surface area contributed by atoms with Crippen LogP contribution in [0.4, 0.5) is 5.69 Å². The first-order valence-corrected chi connectivity index (χ1v) is 15.2. The van der Waals surface area contributed by atoms with Crippen molar-refractivity contribution in [3.63, 3.8) is 0 Å². The summed E-state index contributed by atoms with van der Waals surface area (Å²) in [7, 11) is -4.08. The van der Waals surface area contributed by atoms with Gasteiger partial charge in [-0.05, 0) is 76.1 Å². The average Bonchev–Trinajstić information content (AvgIpc) is 2.90. The smallest absolute Gasteiger partial charge is 0.264 e. The highest BCUT2D eigenvalue weighted by atomic mass is 79.9. The second kappa shape index (κ2) is 13.3. The molecule has 0 aliphatic heterocycles. The van der Waals surface area contributed by atoms with Gasteiger partial charge in [-0.1, -0.05) is 70.4 Å². The van der Waals surface area contributed by atoms with Gasteiger partial charge in [-0.25, -0.2) is 8.42 Å². The number of aryl methyl sites for hydroxylation is 2. The van der Waals surface area contributed by atoms with Crippen LogP contribution in [0, 0.1) is 13.8 Å². The molecule has 2 atom stereocenters. The van der Waals surface area contributed by atoms with Crippen molar-refractivity contribution >= 4 is 43.5 Å². The molecule has 0 spiro atoms. The normalized spacial score (nSPS) is 12.9. The number of carbonyl (C=O) groups is 2. The summed E-state index contributed by atoms with van der Waals surface area (Å²) in [5.74, 6) is -0.783. The summed E-state index contributed by atoms with van der Waals surface area (Å²) in [6, 6.07) is 20.1. The van der Waals surface area contributed by atoms with E-state index in [0.29, 0.717) is 5.69 Å². The number of nitrogens with one attached hydrogen (secondary N) is 1. The van der Waals surface area contributed by atoms with E-state index in [2.05, 4.69) is 21.2 Å². The Morgan fingerprint density at radius 1 is 0.923 bits per heavy atom. The van der Waals surface area contributed by atoms with E-state index in [1.165, 1.54) is 17.0 Å². The van der Waals surface area contributed by atoms with Crippen molar-refractivity contribution in [1.82, 2.24) is 10.2 Å². The number of hydrogen-bond acceptors (Lipinski definition) is 4. The lowest BCUT2D eigenvalue weighted by Crippen LogP contribution is -2.52. The minimum absolute atomic E-state index is 0.0613. The molecule has 7 nitrogen and oxygen atoms in total.